The Labute approximate surface area is 101 Å². The predicted octanol–water partition coefficient (Wildman–Crippen LogP) is 2.23. The van der Waals surface area contributed by atoms with Crippen molar-refractivity contribution in [3.8, 4) is 0 Å². The van der Waals surface area contributed by atoms with Crippen molar-refractivity contribution in [1.82, 2.24) is 0 Å². The van der Waals surface area contributed by atoms with E-state index in [1.807, 2.05) is 6.92 Å². The maximum absolute atomic E-state index is 11.4. The van der Waals surface area contributed by atoms with Gasteiger partial charge in [0.05, 0.1) is 4.90 Å². The highest BCUT2D eigenvalue weighted by Crippen LogP contribution is 2.31. The molecular formula is C13H14O3S. The van der Waals surface area contributed by atoms with Gasteiger partial charge in [-0.2, -0.15) is 0 Å². The molecule has 1 aliphatic rings. The second-order valence-corrected chi connectivity index (χ2v) is 6.34. The quantitative estimate of drug-likeness (QED) is 0.808. The maximum atomic E-state index is 11.4. The van der Waals surface area contributed by atoms with E-state index in [0.29, 0.717) is 11.3 Å². The smallest absolute Gasteiger partial charge is 0.175 e. The summed E-state index contributed by atoms with van der Waals surface area (Å²) < 4.78 is 22.6. The number of allylic oxidation sites excluding steroid dienone is 2. The standard InChI is InChI=1S/C13H14O3S/c1-9-12(7-8-13(9)14)10-3-5-11(6-4-10)17(2,15)16/h3-6H,7-8H2,1-2H3. The van der Waals surface area contributed by atoms with E-state index in [2.05, 4.69) is 0 Å². The van der Waals surface area contributed by atoms with Crippen LogP contribution in [0.15, 0.2) is 34.7 Å². The summed E-state index contributed by atoms with van der Waals surface area (Å²) in [5.41, 5.74) is 2.79. The van der Waals surface area contributed by atoms with Crippen molar-refractivity contribution in [3.05, 3.63) is 35.4 Å². The van der Waals surface area contributed by atoms with E-state index in [4.69, 9.17) is 0 Å². The Balaban J connectivity index is 2.41. The molecule has 0 radical (unpaired) electrons. The molecule has 0 amide bonds. The van der Waals surface area contributed by atoms with Crippen molar-refractivity contribution in [2.75, 3.05) is 6.26 Å². The Morgan fingerprint density at radius 3 is 2.06 bits per heavy atom. The van der Waals surface area contributed by atoms with Gasteiger partial charge in [0, 0.05) is 12.7 Å². The number of hydrogen-bond donors (Lipinski definition) is 0. The fourth-order valence-electron chi connectivity index (χ4n) is 2.05. The number of carbonyl (C=O) groups excluding carboxylic acids is 1. The van der Waals surface area contributed by atoms with E-state index in [-0.39, 0.29) is 5.78 Å². The Morgan fingerprint density at radius 1 is 1.06 bits per heavy atom. The minimum Gasteiger partial charge on any atom is -0.295 e. The highest BCUT2D eigenvalue weighted by atomic mass is 32.2. The highest BCUT2D eigenvalue weighted by molar-refractivity contribution is 7.90. The van der Waals surface area contributed by atoms with E-state index < -0.39 is 9.84 Å². The number of hydrogen-bond acceptors (Lipinski definition) is 3. The van der Waals surface area contributed by atoms with Gasteiger partial charge in [-0.1, -0.05) is 12.1 Å². The monoisotopic (exact) mass is 250 g/mol. The lowest BCUT2D eigenvalue weighted by atomic mass is 10.0. The van der Waals surface area contributed by atoms with Gasteiger partial charge in [-0.05, 0) is 42.2 Å². The molecule has 0 atom stereocenters. The summed E-state index contributed by atoms with van der Waals surface area (Å²) in [6.07, 6.45) is 2.50. The Kier molecular flexibility index (Phi) is 2.91. The lowest BCUT2D eigenvalue weighted by molar-refractivity contribution is -0.114. The summed E-state index contributed by atoms with van der Waals surface area (Å²) in [6, 6.07) is 6.73. The zero-order chi connectivity index (χ0) is 12.6. The largest absolute Gasteiger partial charge is 0.295 e. The molecule has 0 aromatic heterocycles. The molecule has 2 rings (SSSR count). The molecule has 1 aliphatic carbocycles. The molecular weight excluding hydrogens is 236 g/mol. The van der Waals surface area contributed by atoms with E-state index in [1.165, 1.54) is 6.26 Å². The minimum absolute atomic E-state index is 0.187. The van der Waals surface area contributed by atoms with Crippen molar-refractivity contribution in [3.63, 3.8) is 0 Å². The first-order valence-corrected chi connectivity index (χ1v) is 7.32. The molecule has 0 spiro atoms. The van der Waals surface area contributed by atoms with Crippen LogP contribution in [-0.2, 0) is 14.6 Å². The van der Waals surface area contributed by atoms with Crippen LogP contribution in [0.3, 0.4) is 0 Å². The zero-order valence-corrected chi connectivity index (χ0v) is 10.7. The van der Waals surface area contributed by atoms with Crippen LogP contribution in [0, 0.1) is 0 Å². The molecule has 4 heteroatoms. The van der Waals surface area contributed by atoms with Gasteiger partial charge in [-0.25, -0.2) is 8.42 Å². The molecule has 0 fully saturated rings. The Hall–Kier alpha value is -1.42. The molecule has 1 aromatic carbocycles. The normalized spacial score (nSPS) is 16.7. The van der Waals surface area contributed by atoms with Gasteiger partial charge in [0.1, 0.15) is 0 Å². The number of Topliss-reactive ketones (excluding diaryl/α,β-unsaturated/α-hetero) is 1. The summed E-state index contributed by atoms with van der Waals surface area (Å²) in [5, 5.41) is 0. The van der Waals surface area contributed by atoms with Crippen LogP contribution in [0.1, 0.15) is 25.3 Å². The average molecular weight is 250 g/mol. The van der Waals surface area contributed by atoms with Gasteiger partial charge in [-0.3, -0.25) is 4.79 Å². The molecule has 0 N–H and O–H groups in total. The molecule has 3 nitrogen and oxygen atoms in total. The van der Waals surface area contributed by atoms with Crippen LogP contribution < -0.4 is 0 Å². The van der Waals surface area contributed by atoms with Crippen LogP contribution in [0.2, 0.25) is 0 Å². The number of benzene rings is 1. The van der Waals surface area contributed by atoms with Crippen molar-refractivity contribution in [2.24, 2.45) is 0 Å². The van der Waals surface area contributed by atoms with Gasteiger partial charge >= 0.3 is 0 Å². The number of ketones is 1. The third-order valence-corrected chi connectivity index (χ3v) is 4.23. The number of sulfone groups is 1. The third kappa shape index (κ3) is 2.31. The van der Waals surface area contributed by atoms with Crippen molar-refractivity contribution >= 4 is 21.2 Å². The average Bonchev–Trinajstić information content (AvgIpc) is 2.59. The zero-order valence-electron chi connectivity index (χ0n) is 9.86. The summed E-state index contributed by atoms with van der Waals surface area (Å²) in [5.74, 6) is 0.187. The topological polar surface area (TPSA) is 51.2 Å². The number of rotatable bonds is 2. The van der Waals surface area contributed by atoms with Crippen molar-refractivity contribution < 1.29 is 13.2 Å². The van der Waals surface area contributed by atoms with E-state index in [1.54, 1.807) is 24.3 Å². The van der Waals surface area contributed by atoms with Gasteiger partial charge in [0.25, 0.3) is 0 Å². The van der Waals surface area contributed by atoms with Crippen molar-refractivity contribution in [1.29, 1.82) is 0 Å². The molecule has 0 saturated heterocycles. The minimum atomic E-state index is -3.15. The fraction of sp³-hybridized carbons (Fsp3) is 0.308. The highest BCUT2D eigenvalue weighted by Gasteiger charge is 2.20. The van der Waals surface area contributed by atoms with Gasteiger partial charge < -0.3 is 0 Å². The summed E-state index contributed by atoms with van der Waals surface area (Å²) in [4.78, 5) is 11.7. The molecule has 0 aliphatic heterocycles. The molecule has 0 bridgehead atoms. The SMILES string of the molecule is CC1=C(c2ccc(S(C)(=O)=O)cc2)CCC1=O. The van der Waals surface area contributed by atoms with E-state index in [9.17, 15) is 13.2 Å². The van der Waals surface area contributed by atoms with Crippen LogP contribution in [0.25, 0.3) is 5.57 Å². The number of carbonyl (C=O) groups is 1. The lowest BCUT2D eigenvalue weighted by Crippen LogP contribution is -1.97. The van der Waals surface area contributed by atoms with Gasteiger partial charge in [-0.15, -0.1) is 0 Å². The fourth-order valence-corrected chi connectivity index (χ4v) is 2.68. The first-order chi connectivity index (χ1) is 7.89. The maximum Gasteiger partial charge on any atom is 0.175 e. The second-order valence-electron chi connectivity index (χ2n) is 4.32. The third-order valence-electron chi connectivity index (χ3n) is 3.10. The molecule has 90 valence electrons. The van der Waals surface area contributed by atoms with E-state index >= 15 is 0 Å². The first-order valence-electron chi connectivity index (χ1n) is 5.43. The van der Waals surface area contributed by atoms with Crippen LogP contribution >= 0.6 is 0 Å². The molecule has 1 aromatic rings. The molecule has 17 heavy (non-hydrogen) atoms. The summed E-state index contributed by atoms with van der Waals surface area (Å²) >= 11 is 0. The van der Waals surface area contributed by atoms with Crippen molar-refractivity contribution in [2.45, 2.75) is 24.7 Å². The molecule has 0 saturated carbocycles. The van der Waals surface area contributed by atoms with Gasteiger partial charge in [0.15, 0.2) is 15.6 Å². The van der Waals surface area contributed by atoms with Gasteiger partial charge in [0.2, 0.25) is 0 Å². The van der Waals surface area contributed by atoms with Crippen LogP contribution in [0.4, 0.5) is 0 Å². The lowest BCUT2D eigenvalue weighted by Gasteiger charge is -2.04. The first kappa shape index (κ1) is 12.0. The second kappa shape index (κ2) is 4.11. The Bertz CT molecular complexity index is 592. The van der Waals surface area contributed by atoms with E-state index in [0.717, 1.165) is 23.1 Å². The summed E-state index contributed by atoms with van der Waals surface area (Å²) in [7, 11) is -3.15. The molecule has 0 heterocycles. The van der Waals surface area contributed by atoms with Crippen LogP contribution in [0.5, 0.6) is 0 Å². The van der Waals surface area contributed by atoms with Crippen LogP contribution in [-0.4, -0.2) is 20.5 Å². The summed E-state index contributed by atoms with van der Waals surface area (Å²) in [6.45, 7) is 1.83. The Morgan fingerprint density at radius 2 is 1.65 bits per heavy atom. The molecule has 0 unspecified atom stereocenters. The predicted molar refractivity (Wildman–Crippen MR) is 66.4 cm³/mol.